The molecule has 0 saturated carbocycles. The molecule has 22 heavy (non-hydrogen) atoms. The maximum absolute atomic E-state index is 12.1. The lowest BCUT2D eigenvalue weighted by molar-refractivity contribution is 0.0927. The van der Waals surface area contributed by atoms with Crippen LogP contribution in [-0.4, -0.2) is 18.9 Å². The van der Waals surface area contributed by atoms with Crippen LogP contribution >= 0.6 is 0 Å². The molecule has 1 heterocycles. The number of nitrogens with one attached hydrogen (secondary N) is 2. The van der Waals surface area contributed by atoms with Crippen molar-refractivity contribution in [1.82, 2.24) is 5.32 Å². The van der Waals surface area contributed by atoms with E-state index in [1.807, 2.05) is 24.3 Å². The molecule has 0 aliphatic carbocycles. The summed E-state index contributed by atoms with van der Waals surface area (Å²) in [6.45, 7) is 2.16. The number of amides is 2. The van der Waals surface area contributed by atoms with E-state index in [4.69, 9.17) is 4.42 Å². The van der Waals surface area contributed by atoms with Crippen molar-refractivity contribution < 1.29 is 14.0 Å². The molecule has 116 valence electrons. The standard InChI is InChI=1S/C17H20N2O3/c1-3-4-5-12-6-8-13(9-7-12)19-17(21)15-11-10-14(22-15)16(20)18-2/h6-11H,3-5H2,1-2H3,(H,18,20)(H,19,21). The van der Waals surface area contributed by atoms with Crippen LogP contribution in [0.1, 0.15) is 46.4 Å². The number of furan rings is 1. The second-order valence-corrected chi connectivity index (χ2v) is 5.00. The molecule has 0 saturated heterocycles. The summed E-state index contributed by atoms with van der Waals surface area (Å²) in [5, 5.41) is 5.19. The first-order chi connectivity index (χ1) is 10.6. The molecule has 5 heteroatoms. The van der Waals surface area contributed by atoms with Gasteiger partial charge in [0.1, 0.15) is 0 Å². The summed E-state index contributed by atoms with van der Waals surface area (Å²) in [6, 6.07) is 10.7. The van der Waals surface area contributed by atoms with Crippen molar-refractivity contribution in [2.75, 3.05) is 12.4 Å². The van der Waals surface area contributed by atoms with Crippen LogP contribution in [0.25, 0.3) is 0 Å². The first-order valence-corrected chi connectivity index (χ1v) is 7.36. The van der Waals surface area contributed by atoms with Crippen molar-refractivity contribution >= 4 is 17.5 Å². The highest BCUT2D eigenvalue weighted by Crippen LogP contribution is 2.14. The molecule has 2 N–H and O–H groups in total. The van der Waals surface area contributed by atoms with E-state index >= 15 is 0 Å². The fraction of sp³-hybridized carbons (Fsp3) is 0.294. The van der Waals surface area contributed by atoms with Crippen molar-refractivity contribution in [3.8, 4) is 0 Å². The maximum Gasteiger partial charge on any atom is 0.291 e. The normalized spacial score (nSPS) is 10.3. The molecule has 5 nitrogen and oxygen atoms in total. The largest absolute Gasteiger partial charge is 0.446 e. The van der Waals surface area contributed by atoms with Crippen LogP contribution in [0, 0.1) is 0 Å². The van der Waals surface area contributed by atoms with Gasteiger partial charge >= 0.3 is 0 Å². The third-order valence-electron chi connectivity index (χ3n) is 3.31. The summed E-state index contributed by atoms with van der Waals surface area (Å²) in [6.07, 6.45) is 3.35. The highest BCUT2D eigenvalue weighted by molar-refractivity contribution is 6.03. The summed E-state index contributed by atoms with van der Waals surface area (Å²) in [7, 11) is 1.50. The van der Waals surface area contributed by atoms with E-state index < -0.39 is 0 Å². The average Bonchev–Trinajstić information content (AvgIpc) is 3.03. The van der Waals surface area contributed by atoms with Gasteiger partial charge in [-0.1, -0.05) is 25.5 Å². The number of aryl methyl sites for hydroxylation is 1. The Hall–Kier alpha value is -2.56. The van der Waals surface area contributed by atoms with Crippen molar-refractivity contribution in [2.45, 2.75) is 26.2 Å². The summed E-state index contributed by atoms with van der Waals surface area (Å²) >= 11 is 0. The quantitative estimate of drug-likeness (QED) is 0.860. The van der Waals surface area contributed by atoms with Gasteiger partial charge in [0.25, 0.3) is 11.8 Å². The molecule has 1 aromatic heterocycles. The maximum atomic E-state index is 12.1. The topological polar surface area (TPSA) is 71.3 Å². The number of rotatable bonds is 6. The molecule has 0 aliphatic heterocycles. The van der Waals surface area contributed by atoms with E-state index in [-0.39, 0.29) is 23.3 Å². The summed E-state index contributed by atoms with van der Waals surface area (Å²) in [5.74, 6) is -0.521. The van der Waals surface area contributed by atoms with Gasteiger partial charge in [0.2, 0.25) is 0 Å². The minimum Gasteiger partial charge on any atom is -0.446 e. The zero-order chi connectivity index (χ0) is 15.9. The third kappa shape index (κ3) is 3.97. The smallest absolute Gasteiger partial charge is 0.291 e. The number of benzene rings is 1. The van der Waals surface area contributed by atoms with Crippen molar-refractivity contribution in [3.63, 3.8) is 0 Å². The summed E-state index contributed by atoms with van der Waals surface area (Å²) in [5.41, 5.74) is 1.95. The minimum atomic E-state index is -0.378. The predicted molar refractivity (Wildman–Crippen MR) is 85.1 cm³/mol. The van der Waals surface area contributed by atoms with Gasteiger partial charge in [-0.05, 0) is 42.7 Å². The average molecular weight is 300 g/mol. The molecule has 1 aromatic carbocycles. The zero-order valence-electron chi connectivity index (χ0n) is 12.8. The van der Waals surface area contributed by atoms with Crippen LogP contribution in [0.2, 0.25) is 0 Å². The highest BCUT2D eigenvalue weighted by Gasteiger charge is 2.14. The molecular weight excluding hydrogens is 280 g/mol. The number of hydrogen-bond acceptors (Lipinski definition) is 3. The van der Waals surface area contributed by atoms with Crippen molar-refractivity contribution in [2.24, 2.45) is 0 Å². The van der Waals surface area contributed by atoms with Gasteiger partial charge in [-0.15, -0.1) is 0 Å². The molecule has 2 amide bonds. The molecular formula is C17H20N2O3. The van der Waals surface area contributed by atoms with Gasteiger partial charge in [-0.25, -0.2) is 0 Å². The van der Waals surface area contributed by atoms with E-state index in [1.165, 1.54) is 24.7 Å². The Bertz CT molecular complexity index is 644. The van der Waals surface area contributed by atoms with Gasteiger partial charge in [0.05, 0.1) is 0 Å². The monoisotopic (exact) mass is 300 g/mol. The lowest BCUT2D eigenvalue weighted by Crippen LogP contribution is -2.17. The fourth-order valence-electron chi connectivity index (χ4n) is 2.03. The van der Waals surface area contributed by atoms with Crippen LogP contribution in [0.3, 0.4) is 0 Å². The number of carbonyl (C=O) groups is 2. The fourth-order valence-corrected chi connectivity index (χ4v) is 2.03. The van der Waals surface area contributed by atoms with Crippen molar-refractivity contribution in [3.05, 3.63) is 53.5 Å². The van der Waals surface area contributed by atoms with E-state index in [9.17, 15) is 9.59 Å². The van der Waals surface area contributed by atoms with Gasteiger partial charge in [-0.3, -0.25) is 9.59 Å². The Labute approximate surface area is 129 Å². The summed E-state index contributed by atoms with van der Waals surface area (Å²) in [4.78, 5) is 23.5. The lowest BCUT2D eigenvalue weighted by Gasteiger charge is -2.05. The molecule has 0 spiro atoms. The van der Waals surface area contributed by atoms with Crippen molar-refractivity contribution in [1.29, 1.82) is 0 Å². The van der Waals surface area contributed by atoms with Crippen LogP contribution in [0.5, 0.6) is 0 Å². The molecule has 0 fully saturated rings. The number of anilines is 1. The Morgan fingerprint density at radius 2 is 1.64 bits per heavy atom. The first-order valence-electron chi connectivity index (χ1n) is 7.36. The molecule has 0 atom stereocenters. The molecule has 2 aromatic rings. The van der Waals surface area contributed by atoms with Gasteiger partial charge in [-0.2, -0.15) is 0 Å². The Kier molecular flexibility index (Phi) is 5.36. The van der Waals surface area contributed by atoms with E-state index in [0.717, 1.165) is 19.3 Å². The first kappa shape index (κ1) is 15.8. The van der Waals surface area contributed by atoms with E-state index in [1.54, 1.807) is 0 Å². The number of carbonyl (C=O) groups excluding carboxylic acids is 2. The van der Waals surface area contributed by atoms with Crippen LogP contribution in [-0.2, 0) is 6.42 Å². The minimum absolute atomic E-state index is 0.105. The Balaban J connectivity index is 1.99. The van der Waals surface area contributed by atoms with Gasteiger partial charge < -0.3 is 15.1 Å². The van der Waals surface area contributed by atoms with Gasteiger partial charge in [0.15, 0.2) is 11.5 Å². The van der Waals surface area contributed by atoms with Gasteiger partial charge in [0, 0.05) is 12.7 Å². The summed E-state index contributed by atoms with van der Waals surface area (Å²) < 4.78 is 5.22. The SMILES string of the molecule is CCCCc1ccc(NC(=O)c2ccc(C(=O)NC)o2)cc1. The second kappa shape index (κ2) is 7.45. The lowest BCUT2D eigenvalue weighted by atomic mass is 10.1. The molecule has 0 radical (unpaired) electrons. The van der Waals surface area contributed by atoms with Crippen LogP contribution in [0.4, 0.5) is 5.69 Å². The zero-order valence-corrected chi connectivity index (χ0v) is 12.8. The number of hydrogen-bond donors (Lipinski definition) is 2. The van der Waals surface area contributed by atoms with Crippen LogP contribution in [0.15, 0.2) is 40.8 Å². The third-order valence-corrected chi connectivity index (χ3v) is 3.31. The molecule has 0 bridgehead atoms. The molecule has 0 unspecified atom stereocenters. The van der Waals surface area contributed by atoms with E-state index in [2.05, 4.69) is 17.6 Å². The molecule has 2 rings (SSSR count). The Morgan fingerprint density at radius 3 is 2.23 bits per heavy atom. The highest BCUT2D eigenvalue weighted by atomic mass is 16.4. The van der Waals surface area contributed by atoms with Crippen LogP contribution < -0.4 is 10.6 Å². The van der Waals surface area contributed by atoms with E-state index in [0.29, 0.717) is 5.69 Å². The Morgan fingerprint density at radius 1 is 1.00 bits per heavy atom. The predicted octanol–water partition coefficient (Wildman–Crippen LogP) is 3.23. The molecule has 0 aliphatic rings. The second-order valence-electron chi connectivity index (χ2n) is 5.00. The number of unbranched alkanes of at least 4 members (excludes halogenated alkanes) is 1.